The van der Waals surface area contributed by atoms with E-state index in [-0.39, 0.29) is 18.4 Å². The van der Waals surface area contributed by atoms with Crippen molar-refractivity contribution >= 4 is 16.0 Å². The van der Waals surface area contributed by atoms with Crippen LogP contribution in [-0.4, -0.2) is 31.8 Å². The van der Waals surface area contributed by atoms with Crippen molar-refractivity contribution in [3.05, 3.63) is 0 Å². The highest BCUT2D eigenvalue weighted by Gasteiger charge is 2.24. The Morgan fingerprint density at radius 1 is 1.33 bits per heavy atom. The fourth-order valence-electron chi connectivity index (χ4n) is 2.03. The van der Waals surface area contributed by atoms with Crippen LogP contribution in [0.4, 0.5) is 0 Å². The van der Waals surface area contributed by atoms with Crippen LogP contribution >= 0.6 is 0 Å². The summed E-state index contributed by atoms with van der Waals surface area (Å²) in [4.78, 5) is 10.5. The second kappa shape index (κ2) is 4.94. The Morgan fingerprint density at radius 3 is 2.27 bits per heavy atom. The highest BCUT2D eigenvalue weighted by molar-refractivity contribution is 7.88. The van der Waals surface area contributed by atoms with Gasteiger partial charge in [-0.3, -0.25) is 4.79 Å². The lowest BCUT2D eigenvalue weighted by atomic mass is 9.84. The number of hydrogen-bond acceptors (Lipinski definition) is 3. The number of rotatable bonds is 4. The van der Waals surface area contributed by atoms with Gasteiger partial charge < -0.3 is 5.11 Å². The number of hydrogen-bond donors (Lipinski definition) is 2. The second-order valence-corrected chi connectivity index (χ2v) is 5.99. The van der Waals surface area contributed by atoms with Gasteiger partial charge in [-0.2, -0.15) is 0 Å². The molecule has 2 N–H and O–H groups in total. The van der Waals surface area contributed by atoms with E-state index >= 15 is 0 Å². The predicted molar refractivity (Wildman–Crippen MR) is 56.0 cm³/mol. The summed E-state index contributed by atoms with van der Waals surface area (Å²) in [6, 6.07) is -0.00922. The van der Waals surface area contributed by atoms with E-state index in [4.69, 9.17) is 5.11 Å². The van der Waals surface area contributed by atoms with Crippen LogP contribution in [-0.2, 0) is 14.8 Å². The van der Waals surface area contributed by atoms with Crippen molar-refractivity contribution in [1.82, 2.24) is 4.72 Å². The van der Waals surface area contributed by atoms with Gasteiger partial charge in [0.05, 0.1) is 6.26 Å². The molecule has 15 heavy (non-hydrogen) atoms. The molecule has 1 aliphatic carbocycles. The summed E-state index contributed by atoms with van der Waals surface area (Å²) in [5, 5.41) is 8.61. The van der Waals surface area contributed by atoms with Crippen LogP contribution in [0.1, 0.15) is 32.1 Å². The van der Waals surface area contributed by atoms with Crippen LogP contribution in [0.15, 0.2) is 0 Å². The van der Waals surface area contributed by atoms with E-state index in [0.29, 0.717) is 0 Å². The molecule has 0 saturated heterocycles. The van der Waals surface area contributed by atoms with E-state index in [1.807, 2.05) is 0 Å². The summed E-state index contributed by atoms with van der Waals surface area (Å²) < 4.78 is 24.5. The lowest BCUT2D eigenvalue weighted by Crippen LogP contribution is -2.37. The van der Waals surface area contributed by atoms with Crippen molar-refractivity contribution in [3.63, 3.8) is 0 Å². The van der Waals surface area contributed by atoms with Crippen molar-refractivity contribution in [2.24, 2.45) is 5.92 Å². The minimum Gasteiger partial charge on any atom is -0.481 e. The molecule has 0 heterocycles. The zero-order valence-corrected chi connectivity index (χ0v) is 9.59. The summed E-state index contributed by atoms with van der Waals surface area (Å²) in [6.45, 7) is 0. The highest BCUT2D eigenvalue weighted by Crippen LogP contribution is 2.26. The van der Waals surface area contributed by atoms with Gasteiger partial charge in [0, 0.05) is 12.5 Å². The van der Waals surface area contributed by atoms with Crippen LogP contribution in [0.25, 0.3) is 0 Å². The largest absolute Gasteiger partial charge is 0.481 e. The van der Waals surface area contributed by atoms with Gasteiger partial charge in [0.15, 0.2) is 0 Å². The van der Waals surface area contributed by atoms with Crippen molar-refractivity contribution in [1.29, 1.82) is 0 Å². The molecule has 0 aromatic carbocycles. The topological polar surface area (TPSA) is 83.5 Å². The standard InChI is InChI=1S/C9H17NO4S/c1-15(13,14)10-8-4-2-7(3-5-8)6-9(11)12/h7-8,10H,2-6H2,1H3,(H,11,12). The predicted octanol–water partition coefficient (Wildman–Crippen LogP) is 0.569. The molecule has 88 valence electrons. The van der Waals surface area contributed by atoms with Gasteiger partial charge in [0.2, 0.25) is 10.0 Å². The molecule has 0 aliphatic heterocycles. The fourth-order valence-corrected chi connectivity index (χ4v) is 2.88. The maximum atomic E-state index is 11.0. The second-order valence-electron chi connectivity index (χ2n) is 4.21. The number of carboxylic acid groups (broad SMARTS) is 1. The molecule has 1 aliphatic rings. The Kier molecular flexibility index (Phi) is 4.10. The van der Waals surface area contributed by atoms with Crippen LogP contribution in [0.5, 0.6) is 0 Å². The van der Waals surface area contributed by atoms with E-state index in [0.717, 1.165) is 31.9 Å². The first-order valence-electron chi connectivity index (χ1n) is 5.06. The Morgan fingerprint density at radius 2 is 1.87 bits per heavy atom. The van der Waals surface area contributed by atoms with Crippen LogP contribution in [0, 0.1) is 5.92 Å². The smallest absolute Gasteiger partial charge is 0.303 e. The molecular weight excluding hydrogens is 218 g/mol. The molecule has 0 bridgehead atoms. The Bertz CT molecular complexity index is 317. The third-order valence-electron chi connectivity index (χ3n) is 2.69. The molecule has 0 spiro atoms. The quantitative estimate of drug-likeness (QED) is 0.746. The monoisotopic (exact) mass is 235 g/mol. The normalized spacial score (nSPS) is 27.5. The molecule has 1 fully saturated rings. The molecule has 0 aromatic heterocycles. The maximum absolute atomic E-state index is 11.0. The van der Waals surface area contributed by atoms with Crippen molar-refractivity contribution in [2.45, 2.75) is 38.1 Å². The zero-order chi connectivity index (χ0) is 11.5. The van der Waals surface area contributed by atoms with Gasteiger partial charge in [-0.1, -0.05) is 0 Å². The van der Waals surface area contributed by atoms with Gasteiger partial charge >= 0.3 is 5.97 Å². The molecule has 0 aromatic rings. The molecule has 0 atom stereocenters. The first-order chi connectivity index (χ1) is 6.87. The molecule has 0 radical (unpaired) electrons. The van der Waals surface area contributed by atoms with Crippen molar-refractivity contribution in [3.8, 4) is 0 Å². The number of carboxylic acids is 1. The molecule has 1 rings (SSSR count). The lowest BCUT2D eigenvalue weighted by Gasteiger charge is -2.27. The summed E-state index contributed by atoms with van der Waals surface area (Å²) in [7, 11) is -3.13. The Labute approximate surface area is 89.9 Å². The number of aliphatic carboxylic acids is 1. The minimum atomic E-state index is -3.13. The van der Waals surface area contributed by atoms with E-state index in [2.05, 4.69) is 4.72 Å². The summed E-state index contributed by atoms with van der Waals surface area (Å²) in [6.07, 6.45) is 4.41. The average molecular weight is 235 g/mol. The third kappa shape index (κ3) is 5.13. The van der Waals surface area contributed by atoms with Crippen LogP contribution in [0.2, 0.25) is 0 Å². The highest BCUT2D eigenvalue weighted by atomic mass is 32.2. The van der Waals surface area contributed by atoms with Crippen LogP contribution in [0.3, 0.4) is 0 Å². The van der Waals surface area contributed by atoms with Gasteiger partial charge in [0.1, 0.15) is 0 Å². The molecule has 0 amide bonds. The van der Waals surface area contributed by atoms with Gasteiger partial charge in [-0.05, 0) is 31.6 Å². The average Bonchev–Trinajstić information content (AvgIpc) is 2.05. The zero-order valence-electron chi connectivity index (χ0n) is 8.77. The lowest BCUT2D eigenvalue weighted by molar-refractivity contribution is -0.138. The molecular formula is C9H17NO4S. The van der Waals surface area contributed by atoms with Gasteiger partial charge in [-0.25, -0.2) is 13.1 Å². The maximum Gasteiger partial charge on any atom is 0.303 e. The SMILES string of the molecule is CS(=O)(=O)NC1CCC(CC(=O)O)CC1. The van der Waals surface area contributed by atoms with Gasteiger partial charge in [-0.15, -0.1) is 0 Å². The fraction of sp³-hybridized carbons (Fsp3) is 0.889. The molecule has 6 heteroatoms. The number of sulfonamides is 1. The summed E-state index contributed by atoms with van der Waals surface area (Å²) in [5.41, 5.74) is 0. The van der Waals surface area contributed by atoms with Gasteiger partial charge in [0.25, 0.3) is 0 Å². The minimum absolute atomic E-state index is 0.00922. The van der Waals surface area contributed by atoms with Crippen molar-refractivity contribution < 1.29 is 18.3 Å². The summed E-state index contributed by atoms with van der Waals surface area (Å²) >= 11 is 0. The first kappa shape index (κ1) is 12.4. The van der Waals surface area contributed by atoms with E-state index < -0.39 is 16.0 Å². The van der Waals surface area contributed by atoms with Crippen molar-refractivity contribution in [2.75, 3.05) is 6.26 Å². The summed E-state index contributed by atoms with van der Waals surface area (Å²) in [5.74, 6) is -0.561. The first-order valence-corrected chi connectivity index (χ1v) is 6.95. The number of nitrogens with one attached hydrogen (secondary N) is 1. The van der Waals surface area contributed by atoms with E-state index in [9.17, 15) is 13.2 Å². The Balaban J connectivity index is 2.33. The van der Waals surface area contributed by atoms with E-state index in [1.54, 1.807) is 0 Å². The molecule has 0 unspecified atom stereocenters. The number of carbonyl (C=O) groups is 1. The Hall–Kier alpha value is -0.620. The molecule has 5 nitrogen and oxygen atoms in total. The van der Waals surface area contributed by atoms with E-state index in [1.165, 1.54) is 0 Å². The van der Waals surface area contributed by atoms with Crippen LogP contribution < -0.4 is 4.72 Å². The molecule has 1 saturated carbocycles. The third-order valence-corrected chi connectivity index (χ3v) is 3.45.